The van der Waals surface area contributed by atoms with Gasteiger partial charge in [0.25, 0.3) is 5.69 Å². The fourth-order valence-electron chi connectivity index (χ4n) is 1.84. The van der Waals surface area contributed by atoms with Crippen LogP contribution >= 0.6 is 11.8 Å². The van der Waals surface area contributed by atoms with Gasteiger partial charge in [-0.1, -0.05) is 0 Å². The minimum Gasteiger partial charge on any atom is -0.293 e. The lowest BCUT2D eigenvalue weighted by Gasteiger charge is -2.08. The second-order valence-corrected chi connectivity index (χ2v) is 5.22. The van der Waals surface area contributed by atoms with Crippen molar-refractivity contribution in [2.75, 3.05) is 5.75 Å². The van der Waals surface area contributed by atoms with Gasteiger partial charge in [-0.2, -0.15) is 11.8 Å². The zero-order valence-corrected chi connectivity index (χ0v) is 10.0. The summed E-state index contributed by atoms with van der Waals surface area (Å²) >= 11 is 1.39. The van der Waals surface area contributed by atoms with Gasteiger partial charge in [0, 0.05) is 0 Å². The number of carbonyl (C=O) groups is 1. The highest BCUT2D eigenvalue weighted by molar-refractivity contribution is 8.00. The second-order valence-electron chi connectivity index (χ2n) is 3.91. The van der Waals surface area contributed by atoms with Crippen LogP contribution in [-0.2, 0) is 0 Å². The van der Waals surface area contributed by atoms with E-state index in [-0.39, 0.29) is 5.56 Å². The van der Waals surface area contributed by atoms with Crippen LogP contribution in [0.25, 0.3) is 0 Å². The molecule has 0 bridgehead atoms. The van der Waals surface area contributed by atoms with Crippen LogP contribution in [0.4, 0.5) is 14.5 Å². The van der Waals surface area contributed by atoms with Crippen LogP contribution in [-0.4, -0.2) is 21.7 Å². The Morgan fingerprint density at radius 3 is 2.61 bits per heavy atom. The number of benzene rings is 1. The summed E-state index contributed by atoms with van der Waals surface area (Å²) in [7, 11) is 0. The standard InChI is InChI=1S/C11H9F2NO3S/c12-7-4-6(9(14(16)17)5-8(7)13)11(15)10-2-1-3-18-10/h4-5,10H,1-3H2. The molecule has 0 N–H and O–H groups in total. The molecule has 4 nitrogen and oxygen atoms in total. The fourth-order valence-corrected chi connectivity index (χ4v) is 3.07. The molecule has 0 aliphatic carbocycles. The monoisotopic (exact) mass is 273 g/mol. The van der Waals surface area contributed by atoms with Gasteiger partial charge in [0.15, 0.2) is 17.4 Å². The SMILES string of the molecule is O=C(c1cc(F)c(F)cc1[N+](=O)[O-])C1CCCS1. The number of hydrogen-bond acceptors (Lipinski definition) is 4. The van der Waals surface area contributed by atoms with E-state index in [0.717, 1.165) is 12.2 Å². The van der Waals surface area contributed by atoms with Crippen LogP contribution < -0.4 is 0 Å². The molecule has 1 heterocycles. The molecule has 18 heavy (non-hydrogen) atoms. The first-order valence-electron chi connectivity index (χ1n) is 5.30. The van der Waals surface area contributed by atoms with Crippen molar-refractivity contribution in [3.8, 4) is 0 Å². The molecular weight excluding hydrogens is 264 g/mol. The molecule has 1 fully saturated rings. The average Bonchev–Trinajstić information content (AvgIpc) is 2.84. The predicted molar refractivity (Wildman–Crippen MR) is 62.8 cm³/mol. The third-order valence-electron chi connectivity index (χ3n) is 2.72. The maximum Gasteiger partial charge on any atom is 0.283 e. The first kappa shape index (κ1) is 12.9. The maximum atomic E-state index is 13.1. The first-order valence-corrected chi connectivity index (χ1v) is 6.35. The minimum atomic E-state index is -1.32. The molecule has 96 valence electrons. The second kappa shape index (κ2) is 5.01. The molecule has 1 aliphatic heterocycles. The Morgan fingerprint density at radius 2 is 2.06 bits per heavy atom. The third kappa shape index (κ3) is 2.35. The van der Waals surface area contributed by atoms with Crippen molar-refractivity contribution in [2.45, 2.75) is 18.1 Å². The Balaban J connectivity index is 2.44. The number of hydrogen-bond donors (Lipinski definition) is 0. The normalized spacial score (nSPS) is 18.9. The number of nitrogens with zero attached hydrogens (tertiary/aromatic N) is 1. The Hall–Kier alpha value is -1.50. The number of thioether (sulfide) groups is 1. The van der Waals surface area contributed by atoms with Crippen LogP contribution in [0, 0.1) is 21.7 Å². The number of nitro groups is 1. The van der Waals surface area contributed by atoms with Crippen LogP contribution in [0.1, 0.15) is 23.2 Å². The molecule has 0 spiro atoms. The quantitative estimate of drug-likeness (QED) is 0.482. The van der Waals surface area contributed by atoms with Crippen molar-refractivity contribution >= 4 is 23.2 Å². The average molecular weight is 273 g/mol. The number of nitro benzene ring substituents is 1. The molecule has 7 heteroatoms. The van der Waals surface area contributed by atoms with Gasteiger partial charge in [0.05, 0.1) is 21.8 Å². The molecule has 1 saturated heterocycles. The van der Waals surface area contributed by atoms with Gasteiger partial charge in [-0.15, -0.1) is 0 Å². The van der Waals surface area contributed by atoms with E-state index in [4.69, 9.17) is 0 Å². The van der Waals surface area contributed by atoms with E-state index in [1.807, 2.05) is 0 Å². The summed E-state index contributed by atoms with van der Waals surface area (Å²) in [4.78, 5) is 21.9. The Bertz CT molecular complexity index is 515. The third-order valence-corrected chi connectivity index (χ3v) is 4.10. The molecular formula is C11H9F2NO3S. The number of rotatable bonds is 3. The topological polar surface area (TPSA) is 60.2 Å². The van der Waals surface area contributed by atoms with E-state index in [0.29, 0.717) is 18.6 Å². The summed E-state index contributed by atoms with van der Waals surface area (Å²) in [6.45, 7) is 0. The van der Waals surface area contributed by atoms with Crippen LogP contribution in [0.5, 0.6) is 0 Å². The lowest BCUT2D eigenvalue weighted by Crippen LogP contribution is -2.16. The van der Waals surface area contributed by atoms with E-state index in [2.05, 4.69) is 0 Å². The number of Topliss-reactive ketones (excluding diaryl/α,β-unsaturated/α-hetero) is 1. The fraction of sp³-hybridized carbons (Fsp3) is 0.364. The van der Waals surface area contributed by atoms with Gasteiger partial charge in [0.1, 0.15) is 0 Å². The molecule has 2 rings (SSSR count). The molecule has 0 radical (unpaired) electrons. The molecule has 1 unspecified atom stereocenters. The van der Waals surface area contributed by atoms with Crippen LogP contribution in [0.2, 0.25) is 0 Å². The summed E-state index contributed by atoms with van der Waals surface area (Å²) < 4.78 is 26.1. The zero-order chi connectivity index (χ0) is 13.3. The summed E-state index contributed by atoms with van der Waals surface area (Å²) in [5.74, 6) is -2.26. The van der Waals surface area contributed by atoms with Crippen molar-refractivity contribution in [3.05, 3.63) is 39.4 Å². The summed E-state index contributed by atoms with van der Waals surface area (Å²) in [5, 5.41) is 10.4. The molecule has 0 saturated carbocycles. The largest absolute Gasteiger partial charge is 0.293 e. The molecule has 1 atom stereocenters. The maximum absolute atomic E-state index is 13.1. The van der Waals surface area contributed by atoms with Crippen molar-refractivity contribution in [1.29, 1.82) is 0 Å². The van der Waals surface area contributed by atoms with Crippen molar-refractivity contribution in [3.63, 3.8) is 0 Å². The highest BCUT2D eigenvalue weighted by Crippen LogP contribution is 2.32. The van der Waals surface area contributed by atoms with Gasteiger partial charge in [-0.3, -0.25) is 14.9 Å². The minimum absolute atomic E-state index is 0.349. The van der Waals surface area contributed by atoms with E-state index in [1.54, 1.807) is 0 Å². The van der Waals surface area contributed by atoms with Crippen LogP contribution in [0.15, 0.2) is 12.1 Å². The van der Waals surface area contributed by atoms with Crippen molar-refractivity contribution in [2.24, 2.45) is 0 Å². The Labute approximate surface area is 106 Å². The van der Waals surface area contributed by atoms with E-state index >= 15 is 0 Å². The molecule has 1 aromatic rings. The van der Waals surface area contributed by atoms with Gasteiger partial charge in [-0.05, 0) is 24.7 Å². The van der Waals surface area contributed by atoms with Crippen molar-refractivity contribution < 1.29 is 18.5 Å². The number of halogens is 2. The van der Waals surface area contributed by atoms with Crippen LogP contribution in [0.3, 0.4) is 0 Å². The van der Waals surface area contributed by atoms with Crippen molar-refractivity contribution in [1.82, 2.24) is 0 Å². The van der Waals surface area contributed by atoms with E-state index in [1.165, 1.54) is 11.8 Å². The lowest BCUT2D eigenvalue weighted by atomic mass is 10.0. The highest BCUT2D eigenvalue weighted by Gasteiger charge is 2.31. The highest BCUT2D eigenvalue weighted by atomic mass is 32.2. The Morgan fingerprint density at radius 1 is 1.39 bits per heavy atom. The molecule has 0 amide bonds. The molecule has 1 aliphatic rings. The summed E-state index contributed by atoms with van der Waals surface area (Å²) in [5.41, 5.74) is -1.02. The summed E-state index contributed by atoms with van der Waals surface area (Å²) in [6, 6.07) is 1.08. The molecule has 0 aromatic heterocycles. The number of ketones is 1. The first-order chi connectivity index (χ1) is 8.50. The van der Waals surface area contributed by atoms with Gasteiger partial charge in [-0.25, -0.2) is 8.78 Å². The smallest absolute Gasteiger partial charge is 0.283 e. The number of carbonyl (C=O) groups excluding carboxylic acids is 1. The Kier molecular flexibility index (Phi) is 3.60. The summed E-state index contributed by atoms with van der Waals surface area (Å²) in [6.07, 6.45) is 1.46. The van der Waals surface area contributed by atoms with E-state index in [9.17, 15) is 23.7 Å². The van der Waals surface area contributed by atoms with Gasteiger partial charge in [0.2, 0.25) is 0 Å². The zero-order valence-electron chi connectivity index (χ0n) is 9.19. The molecule has 1 aromatic carbocycles. The van der Waals surface area contributed by atoms with E-state index < -0.39 is 33.3 Å². The van der Waals surface area contributed by atoms with Gasteiger partial charge >= 0.3 is 0 Å². The predicted octanol–water partition coefficient (Wildman–Crippen LogP) is 2.95. The van der Waals surface area contributed by atoms with Gasteiger partial charge < -0.3 is 0 Å². The lowest BCUT2D eigenvalue weighted by molar-refractivity contribution is -0.385.